The van der Waals surface area contributed by atoms with Gasteiger partial charge in [0.2, 0.25) is 0 Å². The molecule has 94 valence electrons. The SMILES string of the molecule is CC1CCC(C(Cc2cccc(Br)c2)NN)C1. The largest absolute Gasteiger partial charge is 0.271 e. The molecule has 0 saturated heterocycles. The lowest BCUT2D eigenvalue weighted by molar-refractivity contribution is 0.353. The number of halogens is 1. The summed E-state index contributed by atoms with van der Waals surface area (Å²) in [6.45, 7) is 2.34. The van der Waals surface area contributed by atoms with Crippen LogP contribution in [0.5, 0.6) is 0 Å². The summed E-state index contributed by atoms with van der Waals surface area (Å²) >= 11 is 3.52. The number of nitrogens with two attached hydrogens (primary N) is 1. The van der Waals surface area contributed by atoms with E-state index in [1.54, 1.807) is 0 Å². The maximum absolute atomic E-state index is 5.72. The van der Waals surface area contributed by atoms with Gasteiger partial charge in [0, 0.05) is 10.5 Å². The van der Waals surface area contributed by atoms with Crippen LogP contribution < -0.4 is 11.3 Å². The maximum atomic E-state index is 5.72. The van der Waals surface area contributed by atoms with Gasteiger partial charge in [-0.1, -0.05) is 41.4 Å². The van der Waals surface area contributed by atoms with Crippen molar-refractivity contribution in [3.05, 3.63) is 34.3 Å². The zero-order valence-electron chi connectivity index (χ0n) is 10.3. The second-order valence-corrected chi connectivity index (χ2v) is 6.20. The molecule has 0 spiro atoms. The van der Waals surface area contributed by atoms with Gasteiger partial charge in [-0.05, 0) is 48.8 Å². The number of hydrazine groups is 1. The van der Waals surface area contributed by atoms with Crippen LogP contribution in [0.4, 0.5) is 0 Å². The molecule has 1 aliphatic carbocycles. The van der Waals surface area contributed by atoms with Crippen LogP contribution in [0.2, 0.25) is 0 Å². The molecule has 17 heavy (non-hydrogen) atoms. The normalized spacial score (nSPS) is 26.1. The molecule has 1 aromatic carbocycles. The minimum atomic E-state index is 0.411. The Morgan fingerprint density at radius 1 is 1.47 bits per heavy atom. The molecular formula is C14H21BrN2. The molecule has 2 nitrogen and oxygen atoms in total. The molecule has 0 aliphatic heterocycles. The molecular weight excluding hydrogens is 276 g/mol. The van der Waals surface area contributed by atoms with Gasteiger partial charge in [0.15, 0.2) is 0 Å². The number of benzene rings is 1. The fourth-order valence-electron chi connectivity index (χ4n) is 2.90. The summed E-state index contributed by atoms with van der Waals surface area (Å²) in [7, 11) is 0. The van der Waals surface area contributed by atoms with Crippen molar-refractivity contribution in [2.45, 2.75) is 38.6 Å². The highest BCUT2D eigenvalue weighted by Crippen LogP contribution is 2.33. The van der Waals surface area contributed by atoms with Gasteiger partial charge < -0.3 is 0 Å². The van der Waals surface area contributed by atoms with Gasteiger partial charge in [0.1, 0.15) is 0 Å². The van der Waals surface area contributed by atoms with Crippen molar-refractivity contribution in [3.63, 3.8) is 0 Å². The lowest BCUT2D eigenvalue weighted by Gasteiger charge is -2.23. The smallest absolute Gasteiger partial charge is 0.0279 e. The zero-order chi connectivity index (χ0) is 12.3. The quantitative estimate of drug-likeness (QED) is 0.661. The Kier molecular flexibility index (Phi) is 4.60. The molecule has 0 aromatic heterocycles. The Labute approximate surface area is 112 Å². The van der Waals surface area contributed by atoms with Gasteiger partial charge in [-0.25, -0.2) is 0 Å². The van der Waals surface area contributed by atoms with Gasteiger partial charge in [-0.2, -0.15) is 0 Å². The fraction of sp³-hybridized carbons (Fsp3) is 0.571. The minimum absolute atomic E-state index is 0.411. The first-order valence-electron chi connectivity index (χ1n) is 6.39. The van der Waals surface area contributed by atoms with E-state index in [9.17, 15) is 0 Å². The van der Waals surface area contributed by atoms with Gasteiger partial charge in [0.05, 0.1) is 0 Å². The summed E-state index contributed by atoms with van der Waals surface area (Å²) in [5.74, 6) is 7.31. The third-order valence-corrected chi connectivity index (χ3v) is 4.36. The average molecular weight is 297 g/mol. The molecule has 3 N–H and O–H groups in total. The lowest BCUT2D eigenvalue weighted by atomic mass is 9.92. The van der Waals surface area contributed by atoms with E-state index < -0.39 is 0 Å². The summed E-state index contributed by atoms with van der Waals surface area (Å²) in [4.78, 5) is 0. The van der Waals surface area contributed by atoms with Crippen LogP contribution in [0.1, 0.15) is 31.7 Å². The van der Waals surface area contributed by atoms with E-state index in [2.05, 4.69) is 52.5 Å². The van der Waals surface area contributed by atoms with Gasteiger partial charge in [-0.3, -0.25) is 11.3 Å². The van der Waals surface area contributed by atoms with Crippen molar-refractivity contribution in [2.24, 2.45) is 17.7 Å². The molecule has 1 saturated carbocycles. The Morgan fingerprint density at radius 2 is 2.29 bits per heavy atom. The van der Waals surface area contributed by atoms with E-state index in [1.165, 1.54) is 24.8 Å². The Bertz CT molecular complexity index is 367. The van der Waals surface area contributed by atoms with Crippen molar-refractivity contribution in [2.75, 3.05) is 0 Å². The number of hydrogen-bond acceptors (Lipinski definition) is 2. The van der Waals surface area contributed by atoms with Crippen LogP contribution in [0.3, 0.4) is 0 Å². The minimum Gasteiger partial charge on any atom is -0.271 e. The van der Waals surface area contributed by atoms with Crippen LogP contribution in [0.15, 0.2) is 28.7 Å². The van der Waals surface area contributed by atoms with Gasteiger partial charge in [-0.15, -0.1) is 0 Å². The van der Waals surface area contributed by atoms with Gasteiger partial charge in [0.25, 0.3) is 0 Å². The highest BCUT2D eigenvalue weighted by Gasteiger charge is 2.28. The third kappa shape index (κ3) is 3.54. The van der Waals surface area contributed by atoms with E-state index in [0.29, 0.717) is 6.04 Å². The van der Waals surface area contributed by atoms with Crippen molar-refractivity contribution in [1.29, 1.82) is 0 Å². The number of nitrogens with one attached hydrogen (secondary N) is 1. The van der Waals surface area contributed by atoms with Crippen molar-refractivity contribution in [1.82, 2.24) is 5.43 Å². The second kappa shape index (κ2) is 5.98. The van der Waals surface area contributed by atoms with Crippen LogP contribution in [-0.4, -0.2) is 6.04 Å². The van der Waals surface area contributed by atoms with E-state index in [0.717, 1.165) is 22.7 Å². The molecule has 0 bridgehead atoms. The molecule has 0 heterocycles. The number of hydrogen-bond donors (Lipinski definition) is 2. The van der Waals surface area contributed by atoms with E-state index in [-0.39, 0.29) is 0 Å². The van der Waals surface area contributed by atoms with Crippen molar-refractivity contribution < 1.29 is 0 Å². The van der Waals surface area contributed by atoms with E-state index >= 15 is 0 Å². The standard InChI is InChI=1S/C14H21BrN2/c1-10-5-6-12(7-10)14(17-16)9-11-3-2-4-13(15)8-11/h2-4,8,10,12,14,17H,5-7,9,16H2,1H3. The molecule has 3 heteroatoms. The Hall–Kier alpha value is -0.380. The first-order valence-corrected chi connectivity index (χ1v) is 7.19. The molecule has 1 aliphatic rings. The summed E-state index contributed by atoms with van der Waals surface area (Å²) in [5.41, 5.74) is 4.37. The maximum Gasteiger partial charge on any atom is 0.0279 e. The lowest BCUT2D eigenvalue weighted by Crippen LogP contribution is -2.41. The predicted octanol–water partition coefficient (Wildman–Crippen LogP) is 3.26. The topological polar surface area (TPSA) is 38.0 Å². The van der Waals surface area contributed by atoms with Crippen molar-refractivity contribution >= 4 is 15.9 Å². The van der Waals surface area contributed by atoms with Crippen LogP contribution in [0.25, 0.3) is 0 Å². The van der Waals surface area contributed by atoms with E-state index in [4.69, 9.17) is 5.84 Å². The monoisotopic (exact) mass is 296 g/mol. The van der Waals surface area contributed by atoms with Crippen LogP contribution in [0, 0.1) is 11.8 Å². The molecule has 3 atom stereocenters. The molecule has 1 aromatic rings. The fourth-order valence-corrected chi connectivity index (χ4v) is 3.34. The molecule has 0 radical (unpaired) electrons. The summed E-state index contributed by atoms with van der Waals surface area (Å²) in [6.07, 6.45) is 4.99. The predicted molar refractivity (Wildman–Crippen MR) is 75.5 cm³/mol. The summed E-state index contributed by atoms with van der Waals surface area (Å²) in [6, 6.07) is 8.92. The molecule has 2 rings (SSSR count). The first kappa shape index (κ1) is 13.1. The summed E-state index contributed by atoms with van der Waals surface area (Å²) in [5, 5.41) is 0. The Morgan fingerprint density at radius 3 is 2.88 bits per heavy atom. The van der Waals surface area contributed by atoms with Crippen molar-refractivity contribution in [3.8, 4) is 0 Å². The second-order valence-electron chi connectivity index (χ2n) is 5.29. The van der Waals surface area contributed by atoms with Crippen LogP contribution >= 0.6 is 15.9 Å². The molecule has 3 unspecified atom stereocenters. The summed E-state index contributed by atoms with van der Waals surface area (Å²) < 4.78 is 1.14. The third-order valence-electron chi connectivity index (χ3n) is 3.86. The Balaban J connectivity index is 2.00. The first-order chi connectivity index (χ1) is 8.19. The van der Waals surface area contributed by atoms with Crippen LogP contribution in [-0.2, 0) is 6.42 Å². The highest BCUT2D eigenvalue weighted by molar-refractivity contribution is 9.10. The zero-order valence-corrected chi connectivity index (χ0v) is 11.9. The molecule has 0 amide bonds. The average Bonchev–Trinajstić information content (AvgIpc) is 2.73. The highest BCUT2D eigenvalue weighted by atomic mass is 79.9. The molecule has 1 fully saturated rings. The van der Waals surface area contributed by atoms with Gasteiger partial charge >= 0.3 is 0 Å². The number of rotatable bonds is 4. The van der Waals surface area contributed by atoms with E-state index in [1.807, 2.05) is 0 Å².